The fourth-order valence-electron chi connectivity index (χ4n) is 3.09. The van der Waals surface area contributed by atoms with E-state index in [2.05, 4.69) is 4.98 Å². The standard InChI is InChI=1S/C17H20N2O3/c1-4-12(10(2)20)17(21)19-8-7-13-14-9-11(22-3)5-6-15(14)18-16(13)19/h5-6,9,18,20H,4,7-8H2,1-3H3/b12-10-. The molecule has 0 spiro atoms. The first-order chi connectivity index (χ1) is 10.6. The van der Waals surface area contributed by atoms with E-state index in [9.17, 15) is 9.90 Å². The van der Waals surface area contributed by atoms with Crippen molar-refractivity contribution < 1.29 is 14.6 Å². The maximum Gasteiger partial charge on any atom is 0.258 e. The number of hydrogen-bond acceptors (Lipinski definition) is 3. The lowest BCUT2D eigenvalue weighted by molar-refractivity contribution is -0.115. The van der Waals surface area contributed by atoms with E-state index in [1.54, 1.807) is 18.9 Å². The molecule has 0 aliphatic carbocycles. The average molecular weight is 300 g/mol. The van der Waals surface area contributed by atoms with E-state index >= 15 is 0 Å². The molecule has 1 aromatic carbocycles. The van der Waals surface area contributed by atoms with E-state index < -0.39 is 0 Å². The molecule has 1 amide bonds. The molecule has 1 aliphatic rings. The summed E-state index contributed by atoms with van der Waals surface area (Å²) in [4.78, 5) is 17.7. The molecule has 2 N–H and O–H groups in total. The first-order valence-electron chi connectivity index (χ1n) is 7.46. The van der Waals surface area contributed by atoms with Crippen LogP contribution >= 0.6 is 0 Å². The van der Waals surface area contributed by atoms with Crippen molar-refractivity contribution in [3.05, 3.63) is 35.1 Å². The van der Waals surface area contributed by atoms with Crippen molar-refractivity contribution in [1.82, 2.24) is 4.98 Å². The van der Waals surface area contributed by atoms with E-state index in [-0.39, 0.29) is 11.7 Å². The highest BCUT2D eigenvalue weighted by molar-refractivity contribution is 6.08. The van der Waals surface area contributed by atoms with Crippen LogP contribution in [0.3, 0.4) is 0 Å². The van der Waals surface area contributed by atoms with Crippen LogP contribution in [0.15, 0.2) is 29.5 Å². The number of carbonyl (C=O) groups excluding carboxylic acids is 1. The van der Waals surface area contributed by atoms with Gasteiger partial charge in [0.05, 0.1) is 18.4 Å². The molecule has 5 nitrogen and oxygen atoms in total. The van der Waals surface area contributed by atoms with Gasteiger partial charge in [-0.1, -0.05) is 6.92 Å². The average Bonchev–Trinajstić information content (AvgIpc) is 3.05. The van der Waals surface area contributed by atoms with E-state index in [1.807, 2.05) is 25.1 Å². The van der Waals surface area contributed by atoms with Gasteiger partial charge in [-0.25, -0.2) is 0 Å². The number of aliphatic hydroxyl groups is 1. The summed E-state index contributed by atoms with van der Waals surface area (Å²) in [5.74, 6) is 1.61. The fourth-order valence-corrected chi connectivity index (χ4v) is 3.09. The molecule has 1 aromatic heterocycles. The number of anilines is 1. The number of hydrogen-bond donors (Lipinski definition) is 2. The highest BCUT2D eigenvalue weighted by atomic mass is 16.5. The second kappa shape index (κ2) is 5.40. The molecule has 0 bridgehead atoms. The van der Waals surface area contributed by atoms with Crippen LogP contribution < -0.4 is 9.64 Å². The van der Waals surface area contributed by atoms with Crippen LogP contribution in [-0.4, -0.2) is 29.7 Å². The number of benzene rings is 1. The highest BCUT2D eigenvalue weighted by Crippen LogP contribution is 2.36. The second-order valence-electron chi connectivity index (χ2n) is 5.49. The number of methoxy groups -OCH3 is 1. The summed E-state index contributed by atoms with van der Waals surface area (Å²) in [6.07, 6.45) is 1.32. The van der Waals surface area contributed by atoms with Crippen LogP contribution in [0.4, 0.5) is 5.82 Å². The van der Waals surface area contributed by atoms with Crippen molar-refractivity contribution in [1.29, 1.82) is 0 Å². The number of aliphatic hydroxyl groups excluding tert-OH is 1. The number of fused-ring (bicyclic) bond motifs is 3. The molecule has 0 saturated carbocycles. The van der Waals surface area contributed by atoms with Crippen LogP contribution in [0.25, 0.3) is 10.9 Å². The molecule has 5 heteroatoms. The van der Waals surface area contributed by atoms with Gasteiger partial charge in [0.2, 0.25) is 0 Å². The van der Waals surface area contributed by atoms with Gasteiger partial charge in [0.25, 0.3) is 5.91 Å². The number of nitrogens with one attached hydrogen (secondary N) is 1. The predicted molar refractivity (Wildman–Crippen MR) is 86.5 cm³/mol. The molecule has 0 fully saturated rings. The highest BCUT2D eigenvalue weighted by Gasteiger charge is 2.30. The smallest absolute Gasteiger partial charge is 0.258 e. The van der Waals surface area contributed by atoms with Gasteiger partial charge in [-0.3, -0.25) is 9.69 Å². The first kappa shape index (κ1) is 14.5. The minimum atomic E-state index is -0.125. The molecule has 22 heavy (non-hydrogen) atoms. The molecule has 0 saturated heterocycles. The summed E-state index contributed by atoms with van der Waals surface area (Å²) in [7, 11) is 1.65. The minimum Gasteiger partial charge on any atom is -0.512 e. The number of nitrogens with zero attached hydrogens (tertiary/aromatic N) is 1. The largest absolute Gasteiger partial charge is 0.512 e. The first-order valence-corrected chi connectivity index (χ1v) is 7.46. The molecular weight excluding hydrogens is 280 g/mol. The Labute approximate surface area is 129 Å². The maximum atomic E-state index is 12.6. The van der Waals surface area contributed by atoms with Crippen LogP contribution in [0.5, 0.6) is 5.75 Å². The van der Waals surface area contributed by atoms with Crippen molar-refractivity contribution in [2.24, 2.45) is 0 Å². The van der Waals surface area contributed by atoms with Gasteiger partial charge in [-0.15, -0.1) is 0 Å². The summed E-state index contributed by atoms with van der Waals surface area (Å²) in [5.41, 5.74) is 2.59. The summed E-state index contributed by atoms with van der Waals surface area (Å²) in [6, 6.07) is 5.85. The van der Waals surface area contributed by atoms with Gasteiger partial charge in [-0.2, -0.15) is 0 Å². The Hall–Kier alpha value is -2.43. The van der Waals surface area contributed by atoms with Crippen LogP contribution in [0.1, 0.15) is 25.8 Å². The number of aromatic nitrogens is 1. The fraction of sp³-hybridized carbons (Fsp3) is 0.353. The second-order valence-corrected chi connectivity index (χ2v) is 5.49. The Balaban J connectivity index is 2.05. The lowest BCUT2D eigenvalue weighted by atomic mass is 10.1. The molecule has 0 atom stereocenters. The molecule has 3 rings (SSSR count). The summed E-state index contributed by atoms with van der Waals surface area (Å²) >= 11 is 0. The van der Waals surface area contributed by atoms with Crippen molar-refractivity contribution in [3.8, 4) is 5.75 Å². The van der Waals surface area contributed by atoms with Crippen molar-refractivity contribution in [2.45, 2.75) is 26.7 Å². The van der Waals surface area contributed by atoms with Gasteiger partial charge in [0.15, 0.2) is 0 Å². The van der Waals surface area contributed by atoms with E-state index in [0.717, 1.165) is 34.5 Å². The van der Waals surface area contributed by atoms with Crippen LogP contribution in [0, 0.1) is 0 Å². The van der Waals surface area contributed by atoms with E-state index in [4.69, 9.17) is 4.74 Å². The third-order valence-electron chi connectivity index (χ3n) is 4.24. The zero-order valence-electron chi connectivity index (χ0n) is 13.1. The maximum absolute atomic E-state index is 12.6. The lowest BCUT2D eigenvalue weighted by Crippen LogP contribution is -2.31. The molecule has 2 aromatic rings. The predicted octanol–water partition coefficient (Wildman–Crippen LogP) is 3.31. The molecule has 116 valence electrons. The van der Waals surface area contributed by atoms with Crippen LogP contribution in [0.2, 0.25) is 0 Å². The Morgan fingerprint density at radius 2 is 2.23 bits per heavy atom. The number of allylic oxidation sites excluding steroid dienone is 1. The zero-order valence-corrected chi connectivity index (χ0v) is 13.1. The normalized spacial score (nSPS) is 15.0. The molecule has 1 aliphatic heterocycles. The van der Waals surface area contributed by atoms with Crippen molar-refractivity contribution in [2.75, 3.05) is 18.6 Å². The summed E-state index contributed by atoms with van der Waals surface area (Å²) in [6.45, 7) is 4.06. The van der Waals surface area contributed by atoms with Gasteiger partial charge in [0, 0.05) is 23.0 Å². The Kier molecular flexibility index (Phi) is 3.56. The molecular formula is C17H20N2O3. The Bertz CT molecular complexity index is 770. The zero-order chi connectivity index (χ0) is 15.9. The van der Waals surface area contributed by atoms with Gasteiger partial charge in [-0.05, 0) is 38.0 Å². The monoisotopic (exact) mass is 300 g/mol. The SMILES string of the molecule is CC/C(C(=O)N1CCc2c1[nH]c1ccc(OC)cc21)=C(\C)O. The minimum absolute atomic E-state index is 0.0960. The molecule has 2 heterocycles. The Morgan fingerprint density at radius 3 is 2.86 bits per heavy atom. The number of H-pyrrole nitrogens is 1. The van der Waals surface area contributed by atoms with Gasteiger partial charge in [0.1, 0.15) is 11.6 Å². The number of amides is 1. The van der Waals surface area contributed by atoms with Gasteiger partial charge < -0.3 is 14.8 Å². The third kappa shape index (κ3) is 2.13. The third-order valence-corrected chi connectivity index (χ3v) is 4.24. The van der Waals surface area contributed by atoms with Gasteiger partial charge >= 0.3 is 0 Å². The van der Waals surface area contributed by atoms with E-state index in [0.29, 0.717) is 18.5 Å². The number of carbonyl (C=O) groups is 1. The van der Waals surface area contributed by atoms with Crippen LogP contribution in [-0.2, 0) is 11.2 Å². The lowest BCUT2D eigenvalue weighted by Gasteiger charge is -2.17. The quantitative estimate of drug-likeness (QED) is 0.675. The molecule has 0 radical (unpaired) electrons. The number of rotatable bonds is 3. The summed E-state index contributed by atoms with van der Waals surface area (Å²) in [5, 5.41) is 10.8. The summed E-state index contributed by atoms with van der Waals surface area (Å²) < 4.78 is 5.28. The Morgan fingerprint density at radius 1 is 1.45 bits per heavy atom. The topological polar surface area (TPSA) is 65.6 Å². The number of ether oxygens (including phenoxy) is 1. The van der Waals surface area contributed by atoms with E-state index in [1.165, 1.54) is 0 Å². The van der Waals surface area contributed by atoms with Crippen molar-refractivity contribution in [3.63, 3.8) is 0 Å². The number of aromatic amines is 1. The van der Waals surface area contributed by atoms with Crippen molar-refractivity contribution >= 4 is 22.6 Å². The molecule has 0 unspecified atom stereocenters.